The van der Waals surface area contributed by atoms with Crippen LogP contribution in [0.15, 0.2) is 30.3 Å². The molecule has 1 aromatic rings. The molecule has 1 aliphatic heterocycles. The van der Waals surface area contributed by atoms with Crippen molar-refractivity contribution in [3.8, 4) is 0 Å². The molecule has 1 aliphatic rings. The van der Waals surface area contributed by atoms with Crippen LogP contribution in [0.5, 0.6) is 0 Å². The van der Waals surface area contributed by atoms with E-state index in [1.54, 1.807) is 19.1 Å². The fourth-order valence-corrected chi connectivity index (χ4v) is 2.06. The van der Waals surface area contributed by atoms with Crippen molar-refractivity contribution in [2.24, 2.45) is 0 Å². The van der Waals surface area contributed by atoms with Gasteiger partial charge in [0, 0.05) is 6.61 Å². The number of aliphatic carboxylic acids is 1. The van der Waals surface area contributed by atoms with Crippen LogP contribution in [0.3, 0.4) is 0 Å². The Kier molecular flexibility index (Phi) is 3.99. The average Bonchev–Trinajstić information content (AvgIpc) is 2.90. The van der Waals surface area contributed by atoms with Crippen LogP contribution in [-0.4, -0.2) is 30.4 Å². The summed E-state index contributed by atoms with van der Waals surface area (Å²) in [6, 6.07) is 9.01. The van der Waals surface area contributed by atoms with E-state index in [-0.39, 0.29) is 6.10 Å². The zero-order valence-corrected chi connectivity index (χ0v) is 10.5. The zero-order chi connectivity index (χ0) is 13.0. The highest BCUT2D eigenvalue weighted by Crippen LogP contribution is 2.27. The molecule has 1 saturated heterocycles. The molecular weight excluding hydrogens is 232 g/mol. The first-order valence-corrected chi connectivity index (χ1v) is 6.17. The highest BCUT2D eigenvalue weighted by molar-refractivity contribution is 5.78. The van der Waals surface area contributed by atoms with E-state index in [1.807, 2.05) is 18.2 Å². The second kappa shape index (κ2) is 5.50. The minimum atomic E-state index is -1.31. The lowest BCUT2D eigenvalue weighted by Gasteiger charge is -2.27. The second-order valence-corrected chi connectivity index (χ2v) is 4.65. The van der Waals surface area contributed by atoms with Gasteiger partial charge < -0.3 is 14.6 Å². The Hall–Kier alpha value is -1.39. The van der Waals surface area contributed by atoms with Gasteiger partial charge in [-0.05, 0) is 25.3 Å². The van der Waals surface area contributed by atoms with Gasteiger partial charge in [-0.2, -0.15) is 0 Å². The summed E-state index contributed by atoms with van der Waals surface area (Å²) < 4.78 is 11.1. The minimum Gasteiger partial charge on any atom is -0.479 e. The predicted molar refractivity (Wildman–Crippen MR) is 66.4 cm³/mol. The number of carboxylic acids is 1. The van der Waals surface area contributed by atoms with Crippen LogP contribution in [0.25, 0.3) is 0 Å². The van der Waals surface area contributed by atoms with Crippen molar-refractivity contribution in [3.63, 3.8) is 0 Å². The summed E-state index contributed by atoms with van der Waals surface area (Å²) >= 11 is 0. The maximum atomic E-state index is 11.5. The van der Waals surface area contributed by atoms with Crippen molar-refractivity contribution in [1.82, 2.24) is 0 Å². The van der Waals surface area contributed by atoms with Gasteiger partial charge in [0.1, 0.15) is 0 Å². The van der Waals surface area contributed by atoms with Gasteiger partial charge in [0.15, 0.2) is 5.60 Å². The van der Waals surface area contributed by atoms with Gasteiger partial charge in [-0.15, -0.1) is 0 Å². The zero-order valence-electron chi connectivity index (χ0n) is 10.5. The third-order valence-corrected chi connectivity index (χ3v) is 3.31. The number of benzene rings is 1. The number of hydrogen-bond acceptors (Lipinski definition) is 3. The molecular formula is C14H18O4. The minimum absolute atomic E-state index is 0.0207. The maximum absolute atomic E-state index is 11.5. The Labute approximate surface area is 107 Å². The van der Waals surface area contributed by atoms with E-state index in [1.165, 1.54) is 0 Å². The molecule has 1 fully saturated rings. The standard InChI is InChI=1S/C14H18O4/c1-14(13(15)16,11-6-3-2-4-7-11)18-10-12-8-5-9-17-12/h2-4,6-7,12H,5,8-10H2,1H3,(H,15,16). The lowest BCUT2D eigenvalue weighted by molar-refractivity contribution is -0.169. The van der Waals surface area contributed by atoms with Gasteiger partial charge in [-0.25, -0.2) is 4.79 Å². The quantitative estimate of drug-likeness (QED) is 0.870. The maximum Gasteiger partial charge on any atom is 0.340 e. The molecule has 98 valence electrons. The molecule has 0 radical (unpaired) electrons. The van der Waals surface area contributed by atoms with Crippen molar-refractivity contribution in [2.45, 2.75) is 31.5 Å². The topological polar surface area (TPSA) is 55.8 Å². The fraction of sp³-hybridized carbons (Fsp3) is 0.500. The number of rotatable bonds is 5. The summed E-state index contributed by atoms with van der Waals surface area (Å²) in [6.07, 6.45) is 1.97. The Morgan fingerprint density at radius 2 is 2.22 bits per heavy atom. The Bertz CT molecular complexity index is 398. The van der Waals surface area contributed by atoms with Crippen molar-refractivity contribution < 1.29 is 19.4 Å². The summed E-state index contributed by atoms with van der Waals surface area (Å²) in [4.78, 5) is 11.5. The number of carboxylic acid groups (broad SMARTS) is 1. The Balaban J connectivity index is 2.09. The van der Waals surface area contributed by atoms with Gasteiger partial charge in [0.25, 0.3) is 0 Å². The van der Waals surface area contributed by atoms with Crippen LogP contribution in [0, 0.1) is 0 Å². The van der Waals surface area contributed by atoms with Gasteiger partial charge >= 0.3 is 5.97 Å². The smallest absolute Gasteiger partial charge is 0.340 e. The highest BCUT2D eigenvalue weighted by Gasteiger charge is 2.37. The van der Waals surface area contributed by atoms with E-state index >= 15 is 0 Å². The molecule has 0 saturated carbocycles. The monoisotopic (exact) mass is 250 g/mol. The molecule has 0 spiro atoms. The normalized spacial score (nSPS) is 22.6. The molecule has 0 amide bonds. The van der Waals surface area contributed by atoms with E-state index in [4.69, 9.17) is 9.47 Å². The fourth-order valence-electron chi connectivity index (χ4n) is 2.06. The van der Waals surface area contributed by atoms with Crippen LogP contribution >= 0.6 is 0 Å². The lowest BCUT2D eigenvalue weighted by Crippen LogP contribution is -2.37. The van der Waals surface area contributed by atoms with Crippen LogP contribution in [0.4, 0.5) is 0 Å². The van der Waals surface area contributed by atoms with Crippen molar-refractivity contribution >= 4 is 5.97 Å². The molecule has 1 heterocycles. The first-order chi connectivity index (χ1) is 8.63. The number of ether oxygens (including phenoxy) is 2. The van der Waals surface area contributed by atoms with Crippen LogP contribution in [0.2, 0.25) is 0 Å². The number of carbonyl (C=O) groups is 1. The van der Waals surface area contributed by atoms with Crippen molar-refractivity contribution in [3.05, 3.63) is 35.9 Å². The second-order valence-electron chi connectivity index (χ2n) is 4.65. The molecule has 0 bridgehead atoms. The van der Waals surface area contributed by atoms with Crippen molar-refractivity contribution in [2.75, 3.05) is 13.2 Å². The largest absolute Gasteiger partial charge is 0.479 e. The molecule has 0 aromatic heterocycles. The van der Waals surface area contributed by atoms with Crippen molar-refractivity contribution in [1.29, 1.82) is 0 Å². The van der Waals surface area contributed by atoms with E-state index in [2.05, 4.69) is 0 Å². The van der Waals surface area contributed by atoms with Gasteiger partial charge in [0.05, 0.1) is 12.7 Å². The molecule has 2 rings (SSSR count). The molecule has 2 unspecified atom stereocenters. The van der Waals surface area contributed by atoms with Crippen LogP contribution < -0.4 is 0 Å². The van der Waals surface area contributed by atoms with Gasteiger partial charge in [-0.1, -0.05) is 30.3 Å². The molecule has 1 N–H and O–H groups in total. The molecule has 4 heteroatoms. The molecule has 2 atom stereocenters. The summed E-state index contributed by atoms with van der Waals surface area (Å²) in [5.41, 5.74) is -0.664. The first kappa shape index (κ1) is 13.1. The molecule has 0 aliphatic carbocycles. The summed E-state index contributed by atoms with van der Waals surface area (Å²) in [7, 11) is 0. The number of hydrogen-bond donors (Lipinski definition) is 1. The lowest BCUT2D eigenvalue weighted by atomic mass is 9.96. The third kappa shape index (κ3) is 2.71. The summed E-state index contributed by atoms with van der Waals surface area (Å²) in [5, 5.41) is 9.39. The van der Waals surface area contributed by atoms with E-state index in [9.17, 15) is 9.90 Å². The summed E-state index contributed by atoms with van der Waals surface area (Å²) in [6.45, 7) is 2.64. The Morgan fingerprint density at radius 3 is 2.78 bits per heavy atom. The molecule has 4 nitrogen and oxygen atoms in total. The van der Waals surface area contributed by atoms with E-state index in [0.29, 0.717) is 12.2 Å². The summed E-state index contributed by atoms with van der Waals surface area (Å²) in [5.74, 6) is -0.980. The third-order valence-electron chi connectivity index (χ3n) is 3.31. The molecule has 18 heavy (non-hydrogen) atoms. The van der Waals surface area contributed by atoms with Crippen LogP contribution in [-0.2, 0) is 19.9 Å². The van der Waals surface area contributed by atoms with Crippen LogP contribution in [0.1, 0.15) is 25.3 Å². The Morgan fingerprint density at radius 1 is 1.50 bits per heavy atom. The van der Waals surface area contributed by atoms with E-state index < -0.39 is 11.6 Å². The average molecular weight is 250 g/mol. The van der Waals surface area contributed by atoms with E-state index in [0.717, 1.165) is 19.4 Å². The molecule has 1 aromatic carbocycles. The SMILES string of the molecule is CC(OCC1CCCO1)(C(=O)O)c1ccccc1. The van der Waals surface area contributed by atoms with Gasteiger partial charge in [0.2, 0.25) is 0 Å². The predicted octanol–water partition coefficient (Wildman–Crippen LogP) is 2.18. The first-order valence-electron chi connectivity index (χ1n) is 6.17. The van der Waals surface area contributed by atoms with Gasteiger partial charge in [-0.3, -0.25) is 0 Å². The highest BCUT2D eigenvalue weighted by atomic mass is 16.6.